The summed E-state index contributed by atoms with van der Waals surface area (Å²) in [4.78, 5) is 0. The minimum atomic E-state index is -7.74. The molecular weight excluding hydrogens is 412 g/mol. The zero-order chi connectivity index (χ0) is 20.9. The van der Waals surface area contributed by atoms with Crippen molar-refractivity contribution in [3.8, 4) is 0 Å². The van der Waals surface area contributed by atoms with Gasteiger partial charge in [-0.05, 0) is 6.42 Å². The highest BCUT2D eigenvalue weighted by Gasteiger charge is 2.88. The van der Waals surface area contributed by atoms with Crippen molar-refractivity contribution in [2.75, 3.05) is 0 Å². The first-order valence-corrected chi connectivity index (χ1v) is 5.48. The van der Waals surface area contributed by atoms with E-state index in [2.05, 4.69) is 0 Å². The molecule has 0 spiro atoms. The van der Waals surface area contributed by atoms with Crippen molar-refractivity contribution in [2.45, 2.75) is 49.4 Å². The predicted octanol–water partition coefficient (Wildman–Crippen LogP) is 6.27. The lowest BCUT2D eigenvalue weighted by Gasteiger charge is -2.43. The largest absolute Gasteiger partial charge is 0.454 e. The van der Waals surface area contributed by atoms with Gasteiger partial charge < -0.3 is 0 Å². The maximum absolute atomic E-state index is 13.0. The number of hydrogen-bond acceptors (Lipinski definition) is 0. The molecule has 0 atom stereocenters. The summed E-state index contributed by atoms with van der Waals surface area (Å²) in [7, 11) is 0. The van der Waals surface area contributed by atoms with E-state index < -0.39 is 54.8 Å². The highest BCUT2D eigenvalue weighted by atomic mass is 19.4. The van der Waals surface area contributed by atoms with E-state index in [1.807, 2.05) is 0 Å². The van der Waals surface area contributed by atoms with Crippen LogP contribution in [-0.2, 0) is 0 Å². The van der Waals surface area contributed by atoms with E-state index in [0.29, 0.717) is 0 Å². The molecule has 0 aromatic rings. The molecule has 0 unspecified atom stereocenters. The van der Waals surface area contributed by atoms with Gasteiger partial charge >= 0.3 is 36.6 Å². The van der Waals surface area contributed by atoms with Gasteiger partial charge in [0, 0.05) is 6.42 Å². The van der Waals surface area contributed by atoms with Crippen LogP contribution in [0.3, 0.4) is 0 Å². The van der Waals surface area contributed by atoms with E-state index in [9.17, 15) is 70.2 Å². The number of alkyl halides is 16. The van der Waals surface area contributed by atoms with Crippen LogP contribution in [0.25, 0.3) is 0 Å². The molecule has 0 rings (SSSR count). The Kier molecular flexibility index (Phi) is 5.69. The van der Waals surface area contributed by atoms with E-state index >= 15 is 0 Å². The Morgan fingerprint density at radius 1 is 0.360 bits per heavy atom. The van der Waals surface area contributed by atoms with Gasteiger partial charge in [-0.2, -0.15) is 70.2 Å². The molecule has 0 radical (unpaired) electrons. The van der Waals surface area contributed by atoms with E-state index in [4.69, 9.17) is 0 Å². The molecule has 0 bridgehead atoms. The van der Waals surface area contributed by atoms with E-state index in [-0.39, 0.29) is 0 Å². The normalized spacial score (nSPS) is 16.3. The summed E-state index contributed by atoms with van der Waals surface area (Å²) in [6.07, 6.45) is -37.0. The van der Waals surface area contributed by atoms with Crippen LogP contribution in [-0.4, -0.2) is 36.6 Å². The quantitative estimate of drug-likeness (QED) is 0.474. The molecule has 0 saturated heterocycles. The SMILES string of the molecule is FC(F)(F)C(F)(F)CCC(C(F)(F)F)(C(F)(F)F)C(F)(F)C(F)(F)F. The lowest BCUT2D eigenvalue weighted by Crippen LogP contribution is -2.66. The smallest absolute Gasteiger partial charge is 0.196 e. The van der Waals surface area contributed by atoms with Crippen LogP contribution >= 0.6 is 0 Å². The zero-order valence-corrected chi connectivity index (χ0v) is 11.0. The summed E-state index contributed by atoms with van der Waals surface area (Å²) in [6.45, 7) is 0. The minimum absolute atomic E-state index is 3.61. The third kappa shape index (κ3) is 3.85. The number of halogens is 16. The van der Waals surface area contributed by atoms with E-state index in [1.54, 1.807) is 0 Å². The van der Waals surface area contributed by atoms with Gasteiger partial charge in [-0.1, -0.05) is 0 Å². The molecule has 0 amide bonds. The summed E-state index contributed by atoms with van der Waals surface area (Å²) < 4.78 is 198. The van der Waals surface area contributed by atoms with Crippen molar-refractivity contribution < 1.29 is 70.2 Å². The minimum Gasteiger partial charge on any atom is -0.196 e. The van der Waals surface area contributed by atoms with Crippen LogP contribution in [0.5, 0.6) is 0 Å². The third-order valence-electron chi connectivity index (χ3n) is 3.09. The summed E-state index contributed by atoms with van der Waals surface area (Å²) in [5, 5.41) is 0. The molecule has 0 saturated carbocycles. The molecule has 0 nitrogen and oxygen atoms in total. The van der Waals surface area contributed by atoms with Crippen molar-refractivity contribution in [1.29, 1.82) is 0 Å². The monoisotopic (exact) mass is 416 g/mol. The Hall–Kier alpha value is -1.12. The van der Waals surface area contributed by atoms with E-state index in [1.165, 1.54) is 0 Å². The fourth-order valence-electron chi connectivity index (χ4n) is 1.69. The molecule has 0 aliphatic heterocycles. The number of rotatable bonds is 4. The average Bonchev–Trinajstić information content (AvgIpc) is 2.21. The van der Waals surface area contributed by atoms with Gasteiger partial charge in [0.2, 0.25) is 5.41 Å². The molecule has 0 heterocycles. The molecule has 0 aliphatic rings. The summed E-state index contributed by atoms with van der Waals surface area (Å²) >= 11 is 0. The van der Waals surface area contributed by atoms with Crippen LogP contribution in [0.2, 0.25) is 0 Å². The second-order valence-electron chi connectivity index (χ2n) is 4.68. The predicted molar refractivity (Wildman–Crippen MR) is 45.8 cm³/mol. The summed E-state index contributed by atoms with van der Waals surface area (Å²) in [5.41, 5.74) is -7.21. The first-order valence-electron chi connectivity index (χ1n) is 5.48. The molecule has 25 heavy (non-hydrogen) atoms. The van der Waals surface area contributed by atoms with Gasteiger partial charge in [0.1, 0.15) is 0 Å². The van der Waals surface area contributed by atoms with Gasteiger partial charge in [0.15, 0.2) is 0 Å². The Labute approximate surface area is 126 Å². The van der Waals surface area contributed by atoms with Crippen LogP contribution < -0.4 is 0 Å². The van der Waals surface area contributed by atoms with Crippen molar-refractivity contribution in [2.24, 2.45) is 5.41 Å². The average molecular weight is 416 g/mol. The summed E-state index contributed by atoms with van der Waals surface area (Å²) in [5.74, 6) is -14.1. The Morgan fingerprint density at radius 3 is 0.880 bits per heavy atom. The van der Waals surface area contributed by atoms with Gasteiger partial charge in [-0.15, -0.1) is 0 Å². The van der Waals surface area contributed by atoms with Crippen molar-refractivity contribution >= 4 is 0 Å². The highest BCUT2D eigenvalue weighted by Crippen LogP contribution is 2.66. The molecule has 0 aliphatic carbocycles. The van der Waals surface area contributed by atoms with Gasteiger partial charge in [0.25, 0.3) is 0 Å². The first-order chi connectivity index (χ1) is 10.5. The molecule has 0 aromatic heterocycles. The highest BCUT2D eigenvalue weighted by molar-refractivity contribution is 5.07. The fraction of sp³-hybridized carbons (Fsp3) is 1.00. The lowest BCUT2D eigenvalue weighted by molar-refractivity contribution is -0.452. The van der Waals surface area contributed by atoms with Crippen LogP contribution in [0.15, 0.2) is 0 Å². The third-order valence-corrected chi connectivity index (χ3v) is 3.09. The second kappa shape index (κ2) is 5.96. The van der Waals surface area contributed by atoms with Crippen molar-refractivity contribution in [1.82, 2.24) is 0 Å². The zero-order valence-electron chi connectivity index (χ0n) is 11.0. The topological polar surface area (TPSA) is 0 Å². The van der Waals surface area contributed by atoms with Crippen LogP contribution in [0, 0.1) is 5.41 Å². The Morgan fingerprint density at radius 2 is 0.680 bits per heavy atom. The Balaban J connectivity index is 6.48. The molecule has 0 fully saturated rings. The second-order valence-corrected chi connectivity index (χ2v) is 4.68. The fourth-order valence-corrected chi connectivity index (χ4v) is 1.69. The first kappa shape index (κ1) is 23.9. The molecule has 16 heteroatoms. The van der Waals surface area contributed by atoms with Crippen molar-refractivity contribution in [3.05, 3.63) is 0 Å². The molecular formula is C9H4F16. The van der Waals surface area contributed by atoms with Gasteiger partial charge in [-0.3, -0.25) is 0 Å². The lowest BCUT2D eigenvalue weighted by atomic mass is 9.74. The maximum atomic E-state index is 13.0. The van der Waals surface area contributed by atoms with Crippen LogP contribution in [0.1, 0.15) is 12.8 Å². The number of hydrogen-bond donors (Lipinski definition) is 0. The summed E-state index contributed by atoms with van der Waals surface area (Å²) in [6, 6.07) is 0. The van der Waals surface area contributed by atoms with E-state index in [0.717, 1.165) is 0 Å². The maximum Gasteiger partial charge on any atom is 0.454 e. The van der Waals surface area contributed by atoms with Crippen LogP contribution in [0.4, 0.5) is 70.2 Å². The molecule has 0 aromatic carbocycles. The Bertz CT molecular complexity index is 442. The standard InChI is InChI=1S/C9H4F16/c10-4(11,8(20,21)22)2-1-3(6(14,15)16,7(17,18)19)5(12,13)9(23,24)25/h1-2H2. The molecule has 0 N–H and O–H groups in total. The molecule has 152 valence electrons. The van der Waals surface area contributed by atoms with Gasteiger partial charge in [0.05, 0.1) is 0 Å². The van der Waals surface area contributed by atoms with Gasteiger partial charge in [-0.25, -0.2) is 0 Å². The van der Waals surface area contributed by atoms with Crippen molar-refractivity contribution in [3.63, 3.8) is 0 Å².